The predicted octanol–water partition coefficient (Wildman–Crippen LogP) is 14.5. The maximum atomic E-state index is 8.14. The third-order valence-corrected chi connectivity index (χ3v) is 18.4. The van der Waals surface area contributed by atoms with Crippen molar-refractivity contribution in [3.63, 3.8) is 0 Å². The lowest BCUT2D eigenvalue weighted by molar-refractivity contribution is -0.174. The van der Waals surface area contributed by atoms with Gasteiger partial charge in [-0.2, -0.15) is 0 Å². The third-order valence-electron chi connectivity index (χ3n) is 14.6. The zero-order valence-electron chi connectivity index (χ0n) is 41.3. The van der Waals surface area contributed by atoms with Crippen LogP contribution in [0.15, 0.2) is 243 Å². The fraction of sp³-hybridized carbons (Fsp3) is 0.238. The first-order chi connectivity index (χ1) is 35.6. The molecule has 4 saturated heterocycles. The smallest absolute Gasteiger partial charge is 0.182 e. The van der Waals surface area contributed by atoms with E-state index in [1.165, 1.54) is 0 Å². The Kier molecular flexibility index (Phi) is 12.7. The number of ether oxygens (including phenoxy) is 4. The minimum atomic E-state index is -2.11. The Hall–Kier alpha value is -5.70. The van der Waals surface area contributed by atoms with Crippen LogP contribution in [0.1, 0.15) is 72.2 Å². The van der Waals surface area contributed by atoms with Crippen molar-refractivity contribution >= 4 is 16.8 Å². The molecule has 0 aliphatic carbocycles. The van der Waals surface area contributed by atoms with Crippen LogP contribution in [-0.2, 0) is 59.4 Å². The molecule has 4 atom stereocenters. The molecule has 8 aromatic carbocycles. The van der Waals surface area contributed by atoms with E-state index in [9.17, 15) is 0 Å². The van der Waals surface area contributed by atoms with Crippen LogP contribution >= 0.6 is 16.8 Å². The van der Waals surface area contributed by atoms with Crippen molar-refractivity contribution in [1.82, 2.24) is 0 Å². The number of fused-ring (bicyclic) bond motifs is 2. The zero-order chi connectivity index (χ0) is 49.7. The minimum Gasteiger partial charge on any atom is -0.341 e. The lowest BCUT2D eigenvalue weighted by Gasteiger charge is -2.41. The summed E-state index contributed by atoms with van der Waals surface area (Å²) < 4.78 is 62.0. The van der Waals surface area contributed by atoms with Gasteiger partial charge in [0.25, 0.3) is 0 Å². The van der Waals surface area contributed by atoms with E-state index in [0.717, 1.165) is 44.5 Å². The molecule has 12 rings (SSSR count). The van der Waals surface area contributed by atoms with Gasteiger partial charge >= 0.3 is 0 Å². The van der Waals surface area contributed by atoms with Gasteiger partial charge in [0.1, 0.15) is 24.4 Å². The molecular formula is C63H58O8P2. The Labute approximate surface area is 431 Å². The number of benzene rings is 8. The van der Waals surface area contributed by atoms with Crippen LogP contribution in [0.3, 0.4) is 0 Å². The van der Waals surface area contributed by atoms with Crippen LogP contribution in [0.4, 0.5) is 0 Å². The molecule has 4 unspecified atom stereocenters. The van der Waals surface area contributed by atoms with Gasteiger partial charge in [0.15, 0.2) is 50.7 Å². The highest BCUT2D eigenvalue weighted by Crippen LogP contribution is 2.72. The number of rotatable bonds is 10. The van der Waals surface area contributed by atoms with Crippen LogP contribution < -0.4 is 0 Å². The van der Waals surface area contributed by atoms with Gasteiger partial charge in [0.05, 0.1) is 5.90 Å². The van der Waals surface area contributed by atoms with Crippen LogP contribution in [0.25, 0.3) is 0 Å². The van der Waals surface area contributed by atoms with Crippen molar-refractivity contribution in [2.75, 3.05) is 5.90 Å². The second-order valence-electron chi connectivity index (χ2n) is 20.0. The molecule has 0 amide bonds. The number of hydrogen-bond donors (Lipinski definition) is 0. The summed E-state index contributed by atoms with van der Waals surface area (Å²) in [5, 5.41) is 0. The average molecular weight is 1010 g/mol. The maximum absolute atomic E-state index is 8.14. The Morgan fingerprint density at radius 3 is 0.562 bits per heavy atom. The van der Waals surface area contributed by atoms with Crippen molar-refractivity contribution in [3.8, 4) is 0 Å². The molecule has 10 heteroatoms. The first-order valence-corrected chi connectivity index (χ1v) is 27.8. The van der Waals surface area contributed by atoms with E-state index in [2.05, 4.69) is 194 Å². The topological polar surface area (TPSA) is 73.8 Å². The molecule has 4 heterocycles. The molecule has 8 nitrogen and oxygen atoms in total. The zero-order valence-corrected chi connectivity index (χ0v) is 43.1. The Bertz CT molecular complexity index is 2520. The molecule has 73 heavy (non-hydrogen) atoms. The van der Waals surface area contributed by atoms with Gasteiger partial charge in [0, 0.05) is 0 Å². The van der Waals surface area contributed by atoms with E-state index in [-0.39, 0.29) is 5.90 Å². The molecule has 4 aliphatic rings. The van der Waals surface area contributed by atoms with Gasteiger partial charge < -0.3 is 37.0 Å². The highest BCUT2D eigenvalue weighted by molar-refractivity contribution is 7.65. The lowest BCUT2D eigenvalue weighted by Crippen LogP contribution is -2.53. The van der Waals surface area contributed by atoms with E-state index in [1.807, 2.05) is 76.2 Å². The van der Waals surface area contributed by atoms with Gasteiger partial charge in [-0.05, 0) is 72.2 Å². The van der Waals surface area contributed by atoms with E-state index in [4.69, 9.17) is 37.0 Å². The van der Waals surface area contributed by atoms with Crippen molar-refractivity contribution in [3.05, 3.63) is 287 Å². The van der Waals surface area contributed by atoms with Crippen LogP contribution in [0.5, 0.6) is 0 Å². The first-order valence-electron chi connectivity index (χ1n) is 25.0. The summed E-state index contributed by atoms with van der Waals surface area (Å²) in [6.45, 7) is 7.91. The second-order valence-corrected chi connectivity index (χ2v) is 23.2. The molecule has 0 saturated carbocycles. The molecule has 0 aromatic heterocycles. The molecule has 4 fully saturated rings. The maximum Gasteiger partial charge on any atom is 0.182 e. The molecule has 0 bridgehead atoms. The predicted molar refractivity (Wildman–Crippen MR) is 285 cm³/mol. The summed E-state index contributed by atoms with van der Waals surface area (Å²) in [5.41, 5.74) is 1.98. The molecule has 0 spiro atoms. The summed E-state index contributed by atoms with van der Waals surface area (Å²) >= 11 is 0. The van der Waals surface area contributed by atoms with E-state index < -0.39 is 75.1 Å². The van der Waals surface area contributed by atoms with Crippen LogP contribution in [-0.4, -0.2) is 41.9 Å². The van der Waals surface area contributed by atoms with Crippen LogP contribution in [0.2, 0.25) is 0 Å². The Morgan fingerprint density at radius 1 is 0.260 bits per heavy atom. The van der Waals surface area contributed by atoms with E-state index >= 15 is 0 Å². The first kappa shape index (κ1) is 48.3. The second kappa shape index (κ2) is 19.2. The fourth-order valence-electron chi connectivity index (χ4n) is 11.7. The van der Waals surface area contributed by atoms with Gasteiger partial charge in [-0.1, -0.05) is 243 Å². The quantitative estimate of drug-likeness (QED) is 0.125. The normalized spacial score (nSPS) is 26.1. The standard InChI is InChI=1S/C63H58O8P2/c1-58(2)64-54-55(65-58)61(48-33-17-7-18-34-48,49-35-19-8-20-36-49)69-72(68-60(54,46-29-13-5-14-30-46)47-31-15-6-16-32-47)45-73-70-62(50-37-21-9-22-38-50,51-39-23-10-24-40-51)56-57(67-59(3,4)66-56)63(71-73,52-41-25-11-26-42-52)53-43-27-12-28-44-53/h5-44,54-57H,45H2,1-4H3. The molecule has 0 N–H and O–H groups in total. The molecule has 0 radical (unpaired) electrons. The van der Waals surface area contributed by atoms with Gasteiger partial charge in [0.2, 0.25) is 0 Å². The summed E-state index contributed by atoms with van der Waals surface area (Å²) in [6.07, 6.45) is -3.03. The van der Waals surface area contributed by atoms with Crippen molar-refractivity contribution in [2.24, 2.45) is 0 Å². The largest absolute Gasteiger partial charge is 0.341 e. The summed E-state index contributed by atoms with van der Waals surface area (Å²) in [4.78, 5) is 0. The molecule has 4 aliphatic heterocycles. The lowest BCUT2D eigenvalue weighted by atomic mass is 9.72. The van der Waals surface area contributed by atoms with Gasteiger partial charge in [-0.15, -0.1) is 0 Å². The van der Waals surface area contributed by atoms with E-state index in [1.54, 1.807) is 0 Å². The SMILES string of the molecule is CC1(C)OC2C(O1)C(c1ccccc1)(c1ccccc1)OP(CP1OC(c3ccccc3)(c3ccccc3)C3OC(C)(C)OC3C(c3ccccc3)(c3ccccc3)O1)OC2(c1ccccc1)c1ccccc1. The molecule has 8 aromatic rings. The summed E-state index contributed by atoms with van der Waals surface area (Å²) in [5.74, 6) is -1.93. The molecular weight excluding hydrogens is 947 g/mol. The Morgan fingerprint density at radius 2 is 0.411 bits per heavy atom. The average Bonchev–Trinajstić information content (AvgIpc) is 3.89. The molecule has 368 valence electrons. The highest BCUT2D eigenvalue weighted by atomic mass is 31.2. The monoisotopic (exact) mass is 1000 g/mol. The summed E-state index contributed by atoms with van der Waals surface area (Å²) in [6, 6.07) is 83.1. The fourth-order valence-corrected chi connectivity index (χ4v) is 16.0. The summed E-state index contributed by atoms with van der Waals surface area (Å²) in [7, 11) is -4.23. The van der Waals surface area contributed by atoms with Gasteiger partial charge in [-0.3, -0.25) is 0 Å². The van der Waals surface area contributed by atoms with Crippen molar-refractivity contribution in [2.45, 2.75) is 86.1 Å². The van der Waals surface area contributed by atoms with Crippen molar-refractivity contribution in [1.29, 1.82) is 0 Å². The van der Waals surface area contributed by atoms with Crippen molar-refractivity contribution < 1.29 is 37.0 Å². The van der Waals surface area contributed by atoms with E-state index in [0.29, 0.717) is 0 Å². The minimum absolute atomic E-state index is 0.169. The highest BCUT2D eigenvalue weighted by Gasteiger charge is 2.70. The van der Waals surface area contributed by atoms with Gasteiger partial charge in [-0.25, -0.2) is 0 Å². The Balaban J connectivity index is 1.15. The number of hydrogen-bond acceptors (Lipinski definition) is 8. The third kappa shape index (κ3) is 8.25. The van der Waals surface area contributed by atoms with Crippen LogP contribution in [0, 0.1) is 0 Å².